The molecule has 1 aliphatic rings. The Labute approximate surface area is 179 Å². The molecular weight excluding hydrogens is 411 g/mol. The number of nitrogens with zero attached hydrogens (tertiary/aromatic N) is 2. The van der Waals surface area contributed by atoms with E-state index < -0.39 is 30.3 Å². The number of hydrogen-bond donors (Lipinski definition) is 1. The van der Waals surface area contributed by atoms with E-state index in [1.165, 1.54) is 4.90 Å². The molecule has 31 heavy (non-hydrogen) atoms. The van der Waals surface area contributed by atoms with Gasteiger partial charge in [-0.1, -0.05) is 18.2 Å². The highest BCUT2D eigenvalue weighted by Gasteiger charge is 2.36. The predicted octanol–water partition coefficient (Wildman–Crippen LogP) is 4.82. The largest absolute Gasteiger partial charge is 0.444 e. The zero-order valence-corrected chi connectivity index (χ0v) is 18.0. The lowest BCUT2D eigenvalue weighted by molar-refractivity contribution is -0.142. The van der Waals surface area contributed by atoms with Gasteiger partial charge >= 0.3 is 12.3 Å². The molecule has 1 fully saturated rings. The molecule has 2 amide bonds. The van der Waals surface area contributed by atoms with E-state index in [1.54, 1.807) is 51.1 Å². The average Bonchev–Trinajstić information content (AvgIpc) is 3.09. The maximum Gasteiger partial charge on any atom is 0.410 e. The number of likely N-dealkylation sites (tertiary alicyclic amines) is 1. The SMILES string of the molecule is CC(C)(C)OC(=O)N1CCCC(CN(CC(F)(F)F)C(=O)c2cc3ccccc3[nH]2)C1. The van der Waals surface area contributed by atoms with Crippen molar-refractivity contribution >= 4 is 22.9 Å². The number of piperidine rings is 1. The number of carbonyl (C=O) groups excluding carboxylic acids is 2. The number of halogens is 3. The third-order valence-electron chi connectivity index (χ3n) is 5.07. The second-order valence-electron chi connectivity index (χ2n) is 9.01. The van der Waals surface area contributed by atoms with Crippen LogP contribution < -0.4 is 0 Å². The van der Waals surface area contributed by atoms with E-state index in [-0.39, 0.29) is 24.7 Å². The fourth-order valence-electron chi connectivity index (χ4n) is 3.81. The van der Waals surface area contributed by atoms with E-state index in [0.717, 1.165) is 10.3 Å². The number of aromatic amines is 1. The van der Waals surface area contributed by atoms with Crippen LogP contribution in [0.2, 0.25) is 0 Å². The van der Waals surface area contributed by atoms with Crippen molar-refractivity contribution in [3.8, 4) is 0 Å². The standard InChI is InChI=1S/C22H28F3N3O3/c1-21(2,3)31-20(30)27-10-6-7-15(12-27)13-28(14-22(23,24)25)19(29)18-11-16-8-4-5-9-17(16)26-18/h4-5,8-9,11,15,26H,6-7,10,12-14H2,1-3H3. The first-order chi connectivity index (χ1) is 14.4. The minimum atomic E-state index is -4.53. The van der Waals surface area contributed by atoms with Gasteiger partial charge in [-0.15, -0.1) is 0 Å². The summed E-state index contributed by atoms with van der Waals surface area (Å²) in [7, 11) is 0. The minimum Gasteiger partial charge on any atom is -0.444 e. The Morgan fingerprint density at radius 1 is 1.23 bits per heavy atom. The molecule has 0 spiro atoms. The average molecular weight is 439 g/mol. The summed E-state index contributed by atoms with van der Waals surface area (Å²) in [5.74, 6) is -0.972. The van der Waals surface area contributed by atoms with E-state index in [0.29, 0.717) is 24.9 Å². The minimum absolute atomic E-state index is 0.0903. The zero-order chi connectivity index (χ0) is 22.8. The van der Waals surface area contributed by atoms with Gasteiger partial charge in [0.15, 0.2) is 0 Å². The molecular formula is C22H28F3N3O3. The normalized spacial score (nSPS) is 17.6. The highest BCUT2D eigenvalue weighted by atomic mass is 19.4. The highest BCUT2D eigenvalue weighted by Crippen LogP contribution is 2.25. The number of benzene rings is 1. The van der Waals surface area contributed by atoms with Crippen LogP contribution in [0.3, 0.4) is 0 Å². The fraction of sp³-hybridized carbons (Fsp3) is 0.545. The van der Waals surface area contributed by atoms with Crippen LogP contribution in [0.5, 0.6) is 0 Å². The lowest BCUT2D eigenvalue weighted by Crippen LogP contribution is -2.48. The highest BCUT2D eigenvalue weighted by molar-refractivity contribution is 5.98. The van der Waals surface area contributed by atoms with Gasteiger partial charge in [0.25, 0.3) is 5.91 Å². The summed E-state index contributed by atoms with van der Waals surface area (Å²) in [6.45, 7) is 4.59. The van der Waals surface area contributed by atoms with E-state index in [1.807, 2.05) is 0 Å². The number of amides is 2. The molecule has 170 valence electrons. The molecule has 1 aliphatic heterocycles. The molecule has 2 aromatic rings. The number of para-hydroxylation sites is 1. The van der Waals surface area contributed by atoms with Crippen molar-refractivity contribution in [3.05, 3.63) is 36.0 Å². The van der Waals surface area contributed by atoms with Crippen molar-refractivity contribution in [2.45, 2.75) is 45.4 Å². The van der Waals surface area contributed by atoms with E-state index in [4.69, 9.17) is 4.74 Å². The predicted molar refractivity (Wildman–Crippen MR) is 111 cm³/mol. The van der Waals surface area contributed by atoms with E-state index in [2.05, 4.69) is 4.98 Å². The molecule has 1 aromatic heterocycles. The molecule has 2 heterocycles. The number of carbonyl (C=O) groups is 2. The molecule has 0 aliphatic carbocycles. The third-order valence-corrected chi connectivity index (χ3v) is 5.07. The van der Waals surface area contributed by atoms with Crippen molar-refractivity contribution in [3.63, 3.8) is 0 Å². The summed E-state index contributed by atoms with van der Waals surface area (Å²) in [6, 6.07) is 8.70. The van der Waals surface area contributed by atoms with Crippen LogP contribution in [0.15, 0.2) is 30.3 Å². The van der Waals surface area contributed by atoms with Crippen LogP contribution in [-0.2, 0) is 4.74 Å². The van der Waals surface area contributed by atoms with Crippen LogP contribution in [0.25, 0.3) is 10.9 Å². The van der Waals surface area contributed by atoms with E-state index in [9.17, 15) is 22.8 Å². The number of rotatable bonds is 4. The van der Waals surface area contributed by atoms with E-state index >= 15 is 0 Å². The Balaban J connectivity index is 1.74. The summed E-state index contributed by atoms with van der Waals surface area (Å²) in [6.07, 6.45) is -3.74. The molecule has 0 radical (unpaired) electrons. The molecule has 1 N–H and O–H groups in total. The van der Waals surface area contributed by atoms with Crippen LogP contribution in [0.1, 0.15) is 44.1 Å². The molecule has 1 atom stereocenters. The van der Waals surface area contributed by atoms with Crippen LogP contribution in [-0.4, -0.2) is 64.7 Å². The van der Waals surface area contributed by atoms with Crippen LogP contribution >= 0.6 is 0 Å². The van der Waals surface area contributed by atoms with Gasteiger partial charge in [0, 0.05) is 30.5 Å². The van der Waals surface area contributed by atoms with Crippen LogP contribution in [0.4, 0.5) is 18.0 Å². The van der Waals surface area contributed by atoms with Crippen molar-refractivity contribution in [2.24, 2.45) is 5.92 Å². The Kier molecular flexibility index (Phi) is 6.52. The van der Waals surface area contributed by atoms with Crippen LogP contribution in [0, 0.1) is 5.92 Å². The van der Waals surface area contributed by atoms with Gasteiger partial charge in [-0.2, -0.15) is 13.2 Å². The Bertz CT molecular complexity index is 900. The molecule has 6 nitrogen and oxygen atoms in total. The first kappa shape index (κ1) is 23.0. The lowest BCUT2D eigenvalue weighted by Gasteiger charge is -2.36. The Hall–Kier alpha value is -2.71. The summed E-state index contributed by atoms with van der Waals surface area (Å²) < 4.78 is 45.1. The number of H-pyrrole nitrogens is 1. The summed E-state index contributed by atoms with van der Waals surface area (Å²) in [5, 5.41) is 0.756. The van der Waals surface area contributed by atoms with Gasteiger partial charge in [0.2, 0.25) is 0 Å². The molecule has 0 bridgehead atoms. The number of ether oxygens (including phenoxy) is 1. The maximum absolute atomic E-state index is 13.2. The molecule has 9 heteroatoms. The topological polar surface area (TPSA) is 65.6 Å². The molecule has 0 saturated carbocycles. The molecule has 1 unspecified atom stereocenters. The van der Waals surface area contributed by atoms with Crippen molar-refractivity contribution < 1.29 is 27.5 Å². The number of nitrogens with one attached hydrogen (secondary N) is 1. The number of fused-ring (bicyclic) bond motifs is 1. The first-order valence-corrected chi connectivity index (χ1v) is 10.3. The maximum atomic E-state index is 13.2. The Morgan fingerprint density at radius 3 is 2.58 bits per heavy atom. The van der Waals surface area contributed by atoms with Crippen molar-refractivity contribution in [2.75, 3.05) is 26.2 Å². The lowest BCUT2D eigenvalue weighted by atomic mass is 9.97. The fourth-order valence-corrected chi connectivity index (χ4v) is 3.81. The monoisotopic (exact) mass is 439 g/mol. The third kappa shape index (κ3) is 6.38. The number of hydrogen-bond acceptors (Lipinski definition) is 3. The smallest absolute Gasteiger partial charge is 0.410 e. The van der Waals surface area contributed by atoms with Gasteiger partial charge in [0.1, 0.15) is 17.8 Å². The van der Waals surface area contributed by atoms with Gasteiger partial charge < -0.3 is 19.5 Å². The number of aromatic nitrogens is 1. The summed E-state index contributed by atoms with van der Waals surface area (Å²) in [4.78, 5) is 30.6. The second kappa shape index (κ2) is 8.80. The van der Waals surface area contributed by atoms with Crippen molar-refractivity contribution in [1.82, 2.24) is 14.8 Å². The first-order valence-electron chi connectivity index (χ1n) is 10.3. The van der Waals surface area contributed by atoms with Gasteiger partial charge in [-0.05, 0) is 51.7 Å². The van der Waals surface area contributed by atoms with Crippen molar-refractivity contribution in [1.29, 1.82) is 0 Å². The molecule has 3 rings (SSSR count). The quantitative estimate of drug-likeness (QED) is 0.743. The summed E-state index contributed by atoms with van der Waals surface area (Å²) in [5.41, 5.74) is 0.148. The summed E-state index contributed by atoms with van der Waals surface area (Å²) >= 11 is 0. The second-order valence-corrected chi connectivity index (χ2v) is 9.01. The zero-order valence-electron chi connectivity index (χ0n) is 18.0. The number of alkyl halides is 3. The Morgan fingerprint density at radius 2 is 1.94 bits per heavy atom. The van der Waals surface area contributed by atoms with Gasteiger partial charge in [-0.3, -0.25) is 4.79 Å². The van der Waals surface area contributed by atoms with Gasteiger partial charge in [-0.25, -0.2) is 4.79 Å². The molecule has 1 saturated heterocycles. The van der Waals surface area contributed by atoms with Gasteiger partial charge in [0.05, 0.1) is 0 Å². The molecule has 1 aromatic carbocycles.